The quantitative estimate of drug-likeness (QED) is 0.164. The molecule has 9 aromatic carbocycles. The molecule has 0 radical (unpaired) electrons. The molecule has 0 fully saturated rings. The lowest BCUT2D eigenvalue weighted by Gasteiger charge is -2.30. The van der Waals surface area contributed by atoms with Crippen molar-refractivity contribution < 1.29 is 8.83 Å². The molecular weight excluding hydrogens is 685 g/mol. The van der Waals surface area contributed by atoms with Crippen LogP contribution in [0.25, 0.3) is 65.8 Å². The van der Waals surface area contributed by atoms with Crippen molar-refractivity contribution in [1.82, 2.24) is 0 Å². The molecule has 0 spiro atoms. The summed E-state index contributed by atoms with van der Waals surface area (Å²) in [5.41, 5.74) is 11.9. The number of hydrogen-bond donors (Lipinski definition) is 0. The summed E-state index contributed by atoms with van der Waals surface area (Å²) in [6.07, 6.45) is 0. The Bertz CT molecular complexity index is 3160. The van der Waals surface area contributed by atoms with Crippen LogP contribution in [-0.2, 0) is 0 Å². The minimum Gasteiger partial charge on any atom is -0.456 e. The molecule has 0 atom stereocenters. The van der Waals surface area contributed by atoms with Crippen LogP contribution < -0.4 is 9.80 Å². The molecule has 0 saturated heterocycles. The molecule has 4 heteroatoms. The van der Waals surface area contributed by atoms with E-state index in [0.29, 0.717) is 0 Å². The van der Waals surface area contributed by atoms with Gasteiger partial charge in [-0.15, -0.1) is 0 Å². The van der Waals surface area contributed by atoms with Gasteiger partial charge in [-0.25, -0.2) is 0 Å². The molecule has 0 aliphatic carbocycles. The van der Waals surface area contributed by atoms with Gasteiger partial charge in [-0.3, -0.25) is 0 Å². The molecular formula is C52H34N2O2. The largest absolute Gasteiger partial charge is 0.456 e. The van der Waals surface area contributed by atoms with Gasteiger partial charge in [0.05, 0.1) is 0 Å². The monoisotopic (exact) mass is 718 g/mol. The Kier molecular flexibility index (Phi) is 7.46. The number of fused-ring (bicyclic) bond motifs is 8. The van der Waals surface area contributed by atoms with Crippen molar-refractivity contribution in [3.63, 3.8) is 0 Å². The number of furan rings is 2. The van der Waals surface area contributed by atoms with Crippen molar-refractivity contribution in [3.8, 4) is 11.1 Å². The summed E-state index contributed by atoms with van der Waals surface area (Å²) in [6, 6.07) is 72.8. The fourth-order valence-corrected chi connectivity index (χ4v) is 8.23. The van der Waals surface area contributed by atoms with Crippen LogP contribution in [0.2, 0.25) is 0 Å². The lowest BCUT2D eigenvalue weighted by Crippen LogP contribution is -2.13. The van der Waals surface area contributed by atoms with Crippen molar-refractivity contribution in [2.75, 3.05) is 9.80 Å². The highest BCUT2D eigenvalue weighted by molar-refractivity contribution is 6.19. The minimum atomic E-state index is 0.848. The smallest absolute Gasteiger partial charge is 0.137 e. The zero-order chi connectivity index (χ0) is 37.0. The summed E-state index contributed by atoms with van der Waals surface area (Å²) in [5.74, 6) is 0. The maximum atomic E-state index is 6.44. The average Bonchev–Trinajstić information content (AvgIpc) is 3.83. The van der Waals surface area contributed by atoms with Gasteiger partial charge in [0.2, 0.25) is 0 Å². The second kappa shape index (κ2) is 13.1. The molecule has 0 amide bonds. The minimum absolute atomic E-state index is 0.848. The van der Waals surface area contributed by atoms with E-state index in [1.54, 1.807) is 0 Å². The third kappa shape index (κ3) is 5.39. The Morgan fingerprint density at radius 3 is 1.50 bits per heavy atom. The average molecular weight is 719 g/mol. The van der Waals surface area contributed by atoms with Gasteiger partial charge in [-0.2, -0.15) is 0 Å². The molecule has 0 unspecified atom stereocenters. The first-order chi connectivity index (χ1) is 27.7. The van der Waals surface area contributed by atoms with Crippen molar-refractivity contribution in [2.45, 2.75) is 0 Å². The van der Waals surface area contributed by atoms with Gasteiger partial charge in [-0.05, 0) is 113 Å². The SMILES string of the molecule is c1ccc(N(c2ccccc2)c2cc(-c3ccc4oc5ccc6ccccc6c5c4c3)cc(N(c3ccccc3)c3ccc4c(c3)oc3ccccc34)c2)cc1. The van der Waals surface area contributed by atoms with E-state index in [9.17, 15) is 0 Å². The Morgan fingerprint density at radius 1 is 0.268 bits per heavy atom. The lowest BCUT2D eigenvalue weighted by atomic mass is 9.98. The van der Waals surface area contributed by atoms with Gasteiger partial charge < -0.3 is 18.6 Å². The topological polar surface area (TPSA) is 32.8 Å². The van der Waals surface area contributed by atoms with Crippen LogP contribution in [0.15, 0.2) is 215 Å². The maximum absolute atomic E-state index is 6.44. The van der Waals surface area contributed by atoms with Crippen molar-refractivity contribution in [1.29, 1.82) is 0 Å². The number of rotatable bonds is 7. The Labute approximate surface area is 323 Å². The standard InChI is InChI=1S/C52H34N2O2/c1-4-15-38(16-5-1)53(39-17-6-2-7-18-39)42-30-37(36-25-28-49-47(32-36)52-44-21-11-10-14-35(44)24-29-50(52)55-49)31-43(33-42)54(40-19-8-3-9-20-40)41-26-27-46-45-22-12-13-23-48(45)56-51(46)34-41/h1-34H. The normalized spacial score (nSPS) is 11.6. The first-order valence-corrected chi connectivity index (χ1v) is 18.9. The van der Waals surface area contributed by atoms with E-state index in [0.717, 1.165) is 89.1 Å². The van der Waals surface area contributed by atoms with Crippen molar-refractivity contribution >= 4 is 88.8 Å². The van der Waals surface area contributed by atoms with Crippen LogP contribution in [0.3, 0.4) is 0 Å². The van der Waals surface area contributed by atoms with E-state index in [4.69, 9.17) is 8.83 Å². The summed E-state index contributed by atoms with van der Waals surface area (Å²) in [4.78, 5) is 4.66. The van der Waals surface area contributed by atoms with Gasteiger partial charge >= 0.3 is 0 Å². The van der Waals surface area contributed by atoms with Crippen molar-refractivity contribution in [2.24, 2.45) is 0 Å². The van der Waals surface area contributed by atoms with Crippen LogP contribution >= 0.6 is 0 Å². The third-order valence-corrected chi connectivity index (χ3v) is 10.8. The summed E-state index contributed by atoms with van der Waals surface area (Å²) in [7, 11) is 0. The van der Waals surface area contributed by atoms with Gasteiger partial charge in [0.1, 0.15) is 22.3 Å². The van der Waals surface area contributed by atoms with Crippen LogP contribution in [0.1, 0.15) is 0 Å². The zero-order valence-corrected chi connectivity index (χ0v) is 30.3. The van der Waals surface area contributed by atoms with Crippen LogP contribution in [0, 0.1) is 0 Å². The molecule has 0 aliphatic heterocycles. The molecule has 56 heavy (non-hydrogen) atoms. The third-order valence-electron chi connectivity index (χ3n) is 10.8. The first-order valence-electron chi connectivity index (χ1n) is 18.9. The fourth-order valence-electron chi connectivity index (χ4n) is 8.23. The molecule has 0 bridgehead atoms. The summed E-state index contributed by atoms with van der Waals surface area (Å²) < 4.78 is 12.9. The summed E-state index contributed by atoms with van der Waals surface area (Å²) >= 11 is 0. The van der Waals surface area contributed by atoms with Crippen LogP contribution in [0.5, 0.6) is 0 Å². The van der Waals surface area contributed by atoms with Gasteiger partial charge in [0, 0.05) is 61.7 Å². The Balaban J connectivity index is 1.18. The molecule has 2 heterocycles. The summed E-state index contributed by atoms with van der Waals surface area (Å²) in [5, 5.41) is 6.82. The number of para-hydroxylation sites is 4. The second-order valence-electron chi connectivity index (χ2n) is 14.2. The van der Waals surface area contributed by atoms with E-state index >= 15 is 0 Å². The number of benzene rings is 9. The van der Waals surface area contributed by atoms with E-state index in [1.165, 1.54) is 10.8 Å². The summed E-state index contributed by atoms with van der Waals surface area (Å²) in [6.45, 7) is 0. The molecule has 0 aliphatic rings. The van der Waals surface area contributed by atoms with Gasteiger partial charge in [-0.1, -0.05) is 109 Å². The van der Waals surface area contributed by atoms with Crippen LogP contribution in [0.4, 0.5) is 34.1 Å². The number of nitrogens with zero attached hydrogens (tertiary/aromatic N) is 2. The molecule has 11 rings (SSSR count). The number of anilines is 6. The molecule has 2 aromatic heterocycles. The fraction of sp³-hybridized carbons (Fsp3) is 0. The van der Waals surface area contributed by atoms with E-state index < -0.39 is 0 Å². The molecule has 0 N–H and O–H groups in total. The maximum Gasteiger partial charge on any atom is 0.137 e. The highest BCUT2D eigenvalue weighted by Crippen LogP contribution is 2.45. The predicted molar refractivity (Wildman–Crippen MR) is 233 cm³/mol. The van der Waals surface area contributed by atoms with Crippen molar-refractivity contribution in [3.05, 3.63) is 206 Å². The van der Waals surface area contributed by atoms with Gasteiger partial charge in [0.15, 0.2) is 0 Å². The Morgan fingerprint density at radius 2 is 0.804 bits per heavy atom. The van der Waals surface area contributed by atoms with Gasteiger partial charge in [0.25, 0.3) is 0 Å². The van der Waals surface area contributed by atoms with E-state index in [2.05, 4.69) is 204 Å². The second-order valence-corrected chi connectivity index (χ2v) is 14.2. The highest BCUT2D eigenvalue weighted by Gasteiger charge is 2.21. The molecule has 11 aromatic rings. The van der Waals surface area contributed by atoms with Crippen LogP contribution in [-0.4, -0.2) is 0 Å². The lowest BCUT2D eigenvalue weighted by molar-refractivity contribution is 0.668. The number of hydrogen-bond acceptors (Lipinski definition) is 4. The first kappa shape index (κ1) is 31.9. The molecule has 4 nitrogen and oxygen atoms in total. The van der Waals surface area contributed by atoms with E-state index in [-0.39, 0.29) is 0 Å². The van der Waals surface area contributed by atoms with E-state index in [1.807, 2.05) is 12.1 Å². The zero-order valence-electron chi connectivity index (χ0n) is 30.3. The highest BCUT2D eigenvalue weighted by atomic mass is 16.3. The molecule has 0 saturated carbocycles. The molecule has 264 valence electrons. The Hall–Kier alpha value is -7.56. The predicted octanol–water partition coefficient (Wildman–Crippen LogP) is 15.2.